The van der Waals surface area contributed by atoms with Gasteiger partial charge in [0.2, 0.25) is 0 Å². The number of aromatic nitrogens is 5. The summed E-state index contributed by atoms with van der Waals surface area (Å²) in [5.41, 5.74) is 1.54. The summed E-state index contributed by atoms with van der Waals surface area (Å²) in [7, 11) is -1.99. The number of anilines is 1. The Labute approximate surface area is 200 Å². The zero-order valence-corrected chi connectivity index (χ0v) is 20.5. The molecule has 0 saturated heterocycles. The maximum Gasteiger partial charge on any atom is 0.332 e. The fourth-order valence-electron chi connectivity index (χ4n) is 3.70. The Morgan fingerprint density at radius 3 is 2.71 bits per heavy atom. The summed E-state index contributed by atoms with van der Waals surface area (Å²) in [6.45, 7) is 3.79. The number of nitrogens with zero attached hydrogens (tertiary/aromatic N) is 5. The highest BCUT2D eigenvalue weighted by Gasteiger charge is 2.26. The molecule has 186 valence electrons. The van der Waals surface area contributed by atoms with Crippen LogP contribution in [0.1, 0.15) is 13.8 Å². The summed E-state index contributed by atoms with van der Waals surface area (Å²) >= 11 is 0. The first-order chi connectivity index (χ1) is 16.9. The third-order valence-corrected chi connectivity index (χ3v) is 7.18. The minimum atomic E-state index is -3.38. The highest BCUT2D eigenvalue weighted by atomic mass is 31.2. The molecule has 0 bridgehead atoms. The lowest BCUT2D eigenvalue weighted by atomic mass is 10.1. The third kappa shape index (κ3) is 5.25. The monoisotopic (exact) mass is 504 g/mol. The van der Waals surface area contributed by atoms with Crippen LogP contribution in [0.15, 0.2) is 36.7 Å². The second-order valence-corrected chi connectivity index (χ2v) is 9.69. The number of pyridine rings is 2. The van der Waals surface area contributed by atoms with E-state index >= 15 is 4.39 Å². The number of carbonyl (C=O) groups is 1. The Hall–Kier alpha value is -3.18. The van der Waals surface area contributed by atoms with Gasteiger partial charge in [-0.25, -0.2) is 18.6 Å². The first-order valence-corrected chi connectivity index (χ1v) is 12.8. The van der Waals surface area contributed by atoms with Gasteiger partial charge in [0.25, 0.3) is 5.91 Å². The maximum absolute atomic E-state index is 15.3. The molecule has 35 heavy (non-hydrogen) atoms. The number of halogens is 1. The molecule has 0 aromatic carbocycles. The van der Waals surface area contributed by atoms with Gasteiger partial charge in [0.15, 0.2) is 17.3 Å². The van der Waals surface area contributed by atoms with Crippen LogP contribution in [0.3, 0.4) is 0 Å². The van der Waals surface area contributed by atoms with Crippen molar-refractivity contribution < 1.29 is 27.5 Å². The van der Waals surface area contributed by atoms with Crippen molar-refractivity contribution in [1.29, 1.82) is 0 Å². The Kier molecular flexibility index (Phi) is 7.56. The number of amides is 1. The molecule has 11 nitrogen and oxygen atoms in total. The Bertz CT molecular complexity index is 1390. The lowest BCUT2D eigenvalue weighted by molar-refractivity contribution is -0.119. The third-order valence-electron chi connectivity index (χ3n) is 5.13. The molecule has 0 radical (unpaired) electrons. The topological polar surface area (TPSA) is 122 Å². The van der Waals surface area contributed by atoms with Crippen molar-refractivity contribution in [2.75, 3.05) is 38.4 Å². The average molecular weight is 504 g/mol. The van der Waals surface area contributed by atoms with E-state index in [-0.39, 0.29) is 49.4 Å². The van der Waals surface area contributed by atoms with Gasteiger partial charge in [-0.3, -0.25) is 9.36 Å². The Morgan fingerprint density at radius 1 is 1.23 bits per heavy atom. The normalized spacial score (nSPS) is 12.0. The van der Waals surface area contributed by atoms with Gasteiger partial charge in [-0.1, -0.05) is 6.07 Å². The summed E-state index contributed by atoms with van der Waals surface area (Å²) in [4.78, 5) is 16.7. The first-order valence-electron chi connectivity index (χ1n) is 11.1. The lowest BCUT2D eigenvalue weighted by Gasteiger charge is -2.16. The van der Waals surface area contributed by atoms with Crippen molar-refractivity contribution in [1.82, 2.24) is 24.4 Å². The van der Waals surface area contributed by atoms with Crippen LogP contribution in [0, 0.1) is 5.82 Å². The number of ether oxygens (including phenoxy) is 1. The van der Waals surface area contributed by atoms with Gasteiger partial charge in [-0.15, -0.1) is 0 Å². The molecule has 0 spiro atoms. The number of nitrogens with one attached hydrogen (secondary N) is 1. The molecule has 0 fully saturated rings. The molecule has 0 aliphatic carbocycles. The highest BCUT2D eigenvalue weighted by molar-refractivity contribution is 7.53. The number of hydrogen-bond acceptors (Lipinski definition) is 8. The van der Waals surface area contributed by atoms with Gasteiger partial charge in [0.1, 0.15) is 12.3 Å². The lowest BCUT2D eigenvalue weighted by Crippen LogP contribution is -2.18. The van der Waals surface area contributed by atoms with E-state index in [9.17, 15) is 9.36 Å². The van der Waals surface area contributed by atoms with Gasteiger partial charge < -0.3 is 19.1 Å². The second kappa shape index (κ2) is 10.6. The van der Waals surface area contributed by atoms with E-state index in [1.54, 1.807) is 24.6 Å². The van der Waals surface area contributed by atoms with Crippen LogP contribution in [0.4, 0.5) is 10.2 Å². The van der Waals surface area contributed by atoms with Crippen LogP contribution < -0.4 is 5.32 Å². The molecular weight excluding hydrogens is 478 g/mol. The fraction of sp³-hybridized carbons (Fsp3) is 0.364. The van der Waals surface area contributed by atoms with E-state index in [2.05, 4.69) is 20.5 Å². The van der Waals surface area contributed by atoms with Crippen LogP contribution in [-0.4, -0.2) is 63.4 Å². The summed E-state index contributed by atoms with van der Waals surface area (Å²) in [5.74, 6) is -0.949. The molecule has 0 saturated carbocycles. The predicted octanol–water partition coefficient (Wildman–Crippen LogP) is 3.74. The number of methoxy groups -OCH3 is 1. The van der Waals surface area contributed by atoms with Crippen molar-refractivity contribution in [3.63, 3.8) is 0 Å². The smallest absolute Gasteiger partial charge is 0.332 e. The quantitative estimate of drug-likeness (QED) is 0.307. The minimum Gasteiger partial charge on any atom is -0.375 e. The van der Waals surface area contributed by atoms with Crippen LogP contribution >= 0.6 is 7.60 Å². The highest BCUT2D eigenvalue weighted by Crippen LogP contribution is 2.48. The molecule has 4 heterocycles. The molecule has 4 aromatic rings. The van der Waals surface area contributed by atoms with E-state index in [0.717, 1.165) is 0 Å². The number of carbonyl (C=O) groups excluding carboxylic acids is 1. The van der Waals surface area contributed by atoms with Crippen molar-refractivity contribution in [3.8, 4) is 11.3 Å². The molecule has 4 rings (SSSR count). The molecule has 0 unspecified atom stereocenters. The van der Waals surface area contributed by atoms with Crippen molar-refractivity contribution >= 4 is 35.9 Å². The number of rotatable bonds is 11. The molecule has 1 amide bonds. The zero-order chi connectivity index (χ0) is 25.0. The van der Waals surface area contributed by atoms with Crippen LogP contribution in [0.5, 0.6) is 0 Å². The molecule has 1 N–H and O–H groups in total. The summed E-state index contributed by atoms with van der Waals surface area (Å²) < 4.78 is 47.0. The summed E-state index contributed by atoms with van der Waals surface area (Å²) in [6.07, 6.45) is 3.30. The predicted molar refractivity (Wildman–Crippen MR) is 128 cm³/mol. The average Bonchev–Trinajstić information content (AvgIpc) is 3.39. The van der Waals surface area contributed by atoms with E-state index in [4.69, 9.17) is 13.8 Å². The van der Waals surface area contributed by atoms with E-state index in [1.807, 2.05) is 18.2 Å². The Morgan fingerprint density at radius 2 is 2.00 bits per heavy atom. The molecule has 13 heteroatoms. The molecule has 0 atom stereocenters. The van der Waals surface area contributed by atoms with Crippen LogP contribution in [0.2, 0.25) is 0 Å². The molecular formula is C22H26FN6O5P. The molecule has 0 aliphatic rings. The van der Waals surface area contributed by atoms with E-state index in [0.29, 0.717) is 16.7 Å². The van der Waals surface area contributed by atoms with Crippen molar-refractivity contribution in [2.24, 2.45) is 0 Å². The number of hydrogen-bond donors (Lipinski definition) is 1. The van der Waals surface area contributed by atoms with E-state index < -0.39 is 19.3 Å². The Balaban J connectivity index is 1.80. The van der Waals surface area contributed by atoms with Crippen LogP contribution in [0.25, 0.3) is 27.8 Å². The first kappa shape index (κ1) is 24.9. The molecule has 4 aromatic heterocycles. The molecule has 0 aliphatic heterocycles. The number of aryl methyl sites for hydroxylation is 1. The fourth-order valence-corrected chi connectivity index (χ4v) is 5.26. The van der Waals surface area contributed by atoms with Gasteiger partial charge in [-0.05, 0) is 32.0 Å². The van der Waals surface area contributed by atoms with Crippen molar-refractivity contribution in [3.05, 3.63) is 42.5 Å². The van der Waals surface area contributed by atoms with Gasteiger partial charge in [0, 0.05) is 18.9 Å². The van der Waals surface area contributed by atoms with Crippen molar-refractivity contribution in [2.45, 2.75) is 20.4 Å². The SMILES string of the molecule is CCOP(=O)(CCn1nc(NC(=O)COC)c2cc(F)c(-c3cnn4ccccc34)nc21)OCC. The number of fused-ring (bicyclic) bond motifs is 2. The van der Waals surface area contributed by atoms with Gasteiger partial charge in [0.05, 0.1) is 43.0 Å². The van der Waals surface area contributed by atoms with Gasteiger partial charge in [-0.2, -0.15) is 10.2 Å². The van der Waals surface area contributed by atoms with Crippen LogP contribution in [-0.2, 0) is 29.7 Å². The summed E-state index contributed by atoms with van der Waals surface area (Å²) in [5, 5.41) is 11.6. The van der Waals surface area contributed by atoms with Gasteiger partial charge >= 0.3 is 7.60 Å². The minimum absolute atomic E-state index is 0.0159. The maximum atomic E-state index is 15.3. The largest absolute Gasteiger partial charge is 0.375 e. The summed E-state index contributed by atoms with van der Waals surface area (Å²) in [6, 6.07) is 6.71. The zero-order valence-electron chi connectivity index (χ0n) is 19.6. The van der Waals surface area contributed by atoms with E-state index in [1.165, 1.54) is 24.1 Å². The second-order valence-electron chi connectivity index (χ2n) is 7.50. The standard InChI is InChI=1S/C22H26FN6O5P/c1-4-33-35(31,34-5-2)11-10-29-22-15(21(27-29)25-19(30)14-32-3)12-17(23)20(26-22)16-13-24-28-9-7-6-8-18(16)28/h6-9,12-13H,4-5,10-11,14H2,1-3H3,(H,25,27,30).